The number of benzene rings is 2. The Hall–Kier alpha value is -2.07. The monoisotopic (exact) mass is 275 g/mol. The predicted octanol–water partition coefficient (Wildman–Crippen LogP) is 3.39. The zero-order chi connectivity index (χ0) is 14.5. The van der Waals surface area contributed by atoms with Gasteiger partial charge in [0.05, 0.1) is 7.11 Å². The summed E-state index contributed by atoms with van der Waals surface area (Å²) in [5.41, 5.74) is 1.55. The first kappa shape index (κ1) is 14.3. The van der Waals surface area contributed by atoms with E-state index in [0.717, 1.165) is 11.3 Å². The van der Waals surface area contributed by atoms with Gasteiger partial charge in [0.15, 0.2) is 11.6 Å². The first-order chi connectivity index (χ1) is 9.63. The van der Waals surface area contributed by atoms with Gasteiger partial charge in [-0.1, -0.05) is 30.3 Å². The molecule has 0 spiro atoms. The third-order valence-electron chi connectivity index (χ3n) is 3.27. The minimum atomic E-state index is -0.603. The molecule has 0 aliphatic carbocycles. The number of phenolic OH excluding ortho intramolecular Hbond substituents is 1. The van der Waals surface area contributed by atoms with Crippen molar-refractivity contribution in [2.75, 3.05) is 7.11 Å². The van der Waals surface area contributed by atoms with Crippen molar-refractivity contribution in [1.82, 2.24) is 5.32 Å². The topological polar surface area (TPSA) is 41.5 Å². The molecule has 0 fully saturated rings. The Kier molecular flexibility index (Phi) is 4.58. The fourth-order valence-corrected chi connectivity index (χ4v) is 2.10. The van der Waals surface area contributed by atoms with E-state index in [1.54, 1.807) is 19.2 Å². The number of methoxy groups -OCH3 is 1. The van der Waals surface area contributed by atoms with E-state index >= 15 is 0 Å². The maximum Gasteiger partial charge on any atom is 0.165 e. The van der Waals surface area contributed by atoms with Gasteiger partial charge in [0.25, 0.3) is 0 Å². The number of para-hydroxylation sites is 2. The quantitative estimate of drug-likeness (QED) is 0.879. The fourth-order valence-electron chi connectivity index (χ4n) is 2.10. The lowest BCUT2D eigenvalue weighted by atomic mass is 10.1. The highest BCUT2D eigenvalue weighted by Crippen LogP contribution is 2.26. The minimum absolute atomic E-state index is 0.0221. The molecule has 2 N–H and O–H groups in total. The highest BCUT2D eigenvalue weighted by atomic mass is 19.1. The average molecular weight is 275 g/mol. The maximum atomic E-state index is 13.2. The second kappa shape index (κ2) is 6.39. The highest BCUT2D eigenvalue weighted by molar-refractivity contribution is 5.36. The number of halogens is 1. The van der Waals surface area contributed by atoms with Gasteiger partial charge in [-0.15, -0.1) is 0 Å². The Morgan fingerprint density at radius 3 is 2.70 bits per heavy atom. The van der Waals surface area contributed by atoms with E-state index in [4.69, 9.17) is 4.74 Å². The van der Waals surface area contributed by atoms with Crippen LogP contribution in [0.2, 0.25) is 0 Å². The van der Waals surface area contributed by atoms with Gasteiger partial charge in [0.2, 0.25) is 0 Å². The average Bonchev–Trinajstić information content (AvgIpc) is 2.48. The Balaban J connectivity index is 2.09. The van der Waals surface area contributed by atoms with Crippen molar-refractivity contribution in [3.05, 3.63) is 59.4 Å². The Morgan fingerprint density at radius 1 is 1.20 bits per heavy atom. The van der Waals surface area contributed by atoms with Crippen molar-refractivity contribution in [2.45, 2.75) is 19.5 Å². The smallest absolute Gasteiger partial charge is 0.165 e. The Bertz CT molecular complexity index is 586. The third-order valence-corrected chi connectivity index (χ3v) is 3.27. The summed E-state index contributed by atoms with van der Waals surface area (Å²) in [5, 5.41) is 12.9. The molecule has 0 bridgehead atoms. The van der Waals surface area contributed by atoms with Gasteiger partial charge in [-0.2, -0.15) is 0 Å². The van der Waals surface area contributed by atoms with E-state index in [1.807, 2.05) is 31.2 Å². The molecule has 2 aromatic rings. The summed E-state index contributed by atoms with van der Waals surface area (Å²) in [6.45, 7) is 2.37. The van der Waals surface area contributed by atoms with E-state index in [1.165, 1.54) is 6.07 Å². The molecular weight excluding hydrogens is 257 g/mol. The van der Waals surface area contributed by atoms with Crippen LogP contribution in [0.4, 0.5) is 4.39 Å². The van der Waals surface area contributed by atoms with E-state index < -0.39 is 5.82 Å². The lowest BCUT2D eigenvalue weighted by Crippen LogP contribution is -2.18. The Morgan fingerprint density at radius 2 is 1.95 bits per heavy atom. The van der Waals surface area contributed by atoms with E-state index in [0.29, 0.717) is 12.1 Å². The van der Waals surface area contributed by atoms with Crippen LogP contribution in [0.25, 0.3) is 0 Å². The summed E-state index contributed by atoms with van der Waals surface area (Å²) in [7, 11) is 1.63. The molecule has 1 atom stereocenters. The van der Waals surface area contributed by atoms with Gasteiger partial charge in [-0.25, -0.2) is 4.39 Å². The second-order valence-corrected chi connectivity index (χ2v) is 4.59. The van der Waals surface area contributed by atoms with Crippen LogP contribution in [0.3, 0.4) is 0 Å². The summed E-state index contributed by atoms with van der Waals surface area (Å²) in [6, 6.07) is 12.3. The normalized spacial score (nSPS) is 12.2. The van der Waals surface area contributed by atoms with Crippen LogP contribution in [0, 0.1) is 5.82 Å². The molecule has 106 valence electrons. The van der Waals surface area contributed by atoms with Gasteiger partial charge in [-0.3, -0.25) is 0 Å². The third kappa shape index (κ3) is 3.08. The van der Waals surface area contributed by atoms with E-state index in [2.05, 4.69) is 5.32 Å². The molecule has 4 heteroatoms. The zero-order valence-electron chi connectivity index (χ0n) is 11.6. The SMILES string of the molecule is COc1ccccc1[C@H](C)NCc1cccc(F)c1O. The van der Waals surface area contributed by atoms with Gasteiger partial charge in [0.1, 0.15) is 5.75 Å². The summed E-state index contributed by atoms with van der Waals surface area (Å²) >= 11 is 0. The zero-order valence-corrected chi connectivity index (χ0v) is 11.6. The van der Waals surface area contributed by atoms with Crippen molar-refractivity contribution in [3.63, 3.8) is 0 Å². The maximum absolute atomic E-state index is 13.2. The first-order valence-corrected chi connectivity index (χ1v) is 6.46. The van der Waals surface area contributed by atoms with Gasteiger partial charge in [-0.05, 0) is 19.1 Å². The van der Waals surface area contributed by atoms with E-state index in [-0.39, 0.29) is 11.8 Å². The van der Waals surface area contributed by atoms with Crippen molar-refractivity contribution in [1.29, 1.82) is 0 Å². The summed E-state index contributed by atoms with van der Waals surface area (Å²) < 4.78 is 18.6. The molecule has 2 aromatic carbocycles. The summed E-state index contributed by atoms with van der Waals surface area (Å²) in [4.78, 5) is 0. The molecule has 0 aromatic heterocycles. The Labute approximate surface area is 118 Å². The van der Waals surface area contributed by atoms with Gasteiger partial charge < -0.3 is 15.2 Å². The molecule has 0 aliphatic rings. The molecule has 0 amide bonds. The lowest BCUT2D eigenvalue weighted by Gasteiger charge is -2.17. The van der Waals surface area contributed by atoms with Crippen molar-refractivity contribution >= 4 is 0 Å². The minimum Gasteiger partial charge on any atom is -0.505 e. The standard InChI is InChI=1S/C16H18FNO2/c1-11(13-7-3-4-9-15(13)20-2)18-10-12-6-5-8-14(17)16(12)19/h3-9,11,18-19H,10H2,1-2H3/t11-/m0/s1. The lowest BCUT2D eigenvalue weighted by molar-refractivity contribution is 0.399. The van der Waals surface area contributed by atoms with Gasteiger partial charge >= 0.3 is 0 Å². The number of ether oxygens (including phenoxy) is 1. The first-order valence-electron chi connectivity index (χ1n) is 6.46. The van der Waals surface area contributed by atoms with Crippen molar-refractivity contribution in [3.8, 4) is 11.5 Å². The largest absolute Gasteiger partial charge is 0.505 e. The molecule has 0 aliphatic heterocycles. The molecule has 0 radical (unpaired) electrons. The van der Waals surface area contributed by atoms with E-state index in [9.17, 15) is 9.50 Å². The molecule has 20 heavy (non-hydrogen) atoms. The van der Waals surface area contributed by atoms with Crippen LogP contribution in [0.15, 0.2) is 42.5 Å². The molecule has 0 unspecified atom stereocenters. The number of rotatable bonds is 5. The molecule has 0 saturated heterocycles. The molecular formula is C16H18FNO2. The van der Waals surface area contributed by atoms with Crippen molar-refractivity contribution < 1.29 is 14.2 Å². The van der Waals surface area contributed by atoms with Crippen LogP contribution in [-0.4, -0.2) is 12.2 Å². The van der Waals surface area contributed by atoms with Crippen LogP contribution >= 0.6 is 0 Å². The van der Waals surface area contributed by atoms with Crippen LogP contribution in [-0.2, 0) is 6.54 Å². The highest BCUT2D eigenvalue weighted by Gasteiger charge is 2.12. The second-order valence-electron chi connectivity index (χ2n) is 4.59. The van der Waals surface area contributed by atoms with Crippen LogP contribution < -0.4 is 10.1 Å². The molecule has 0 saturated carbocycles. The molecule has 2 rings (SSSR count). The number of phenols is 1. The number of nitrogens with one attached hydrogen (secondary N) is 1. The van der Waals surface area contributed by atoms with Crippen LogP contribution in [0.1, 0.15) is 24.1 Å². The molecule has 3 nitrogen and oxygen atoms in total. The molecule has 0 heterocycles. The fraction of sp³-hybridized carbons (Fsp3) is 0.250. The number of aromatic hydroxyl groups is 1. The number of hydrogen-bond acceptors (Lipinski definition) is 3. The van der Waals surface area contributed by atoms with Crippen molar-refractivity contribution in [2.24, 2.45) is 0 Å². The predicted molar refractivity (Wildman–Crippen MR) is 76.3 cm³/mol. The summed E-state index contributed by atoms with van der Waals surface area (Å²) in [5.74, 6) is -0.0996. The summed E-state index contributed by atoms with van der Waals surface area (Å²) in [6.07, 6.45) is 0. The van der Waals surface area contributed by atoms with Crippen LogP contribution in [0.5, 0.6) is 11.5 Å². The van der Waals surface area contributed by atoms with Gasteiger partial charge in [0, 0.05) is 23.7 Å². The number of hydrogen-bond donors (Lipinski definition) is 2.